The Morgan fingerprint density at radius 1 is 0.814 bits per heavy atom. The lowest BCUT2D eigenvalue weighted by Crippen LogP contribution is -2.60. The van der Waals surface area contributed by atoms with E-state index in [9.17, 15) is 48.3 Å². The standard InChI is InChI=1S/C38H52N10O10S/c1-5-17(3)29-33(55)41-15-28(52)46-37-35(57)43-24(13-26(39)50)38(58)48-16-19(49)11-25(48)32(54)47-30(18(4)6-2)34(56)42-23(31(53)40-14-27(51)45-29)12-21-20-9-7-8-10-22(20)44-36(21)59-37/h7-10,17-19,23-25,29-30,37,44,49H,5-6,11-16H2,1-4H3,(H2,39,50)(H,40,53)(H,41,55)(H,42,56)(H,43,57)(H,45,51)(H,46,52)(H,47,54)/t17-,18-,19+,23-,24?,25-,29-,30-,37-/m0/s1. The van der Waals surface area contributed by atoms with Crippen molar-refractivity contribution in [2.24, 2.45) is 17.6 Å². The van der Waals surface area contributed by atoms with E-state index >= 15 is 0 Å². The highest BCUT2D eigenvalue weighted by atomic mass is 32.2. The largest absolute Gasteiger partial charge is 0.391 e. The number of thioether (sulfide) groups is 1. The topological polar surface area (TPSA) is 303 Å². The van der Waals surface area contributed by atoms with E-state index in [1.165, 1.54) is 0 Å². The van der Waals surface area contributed by atoms with Crippen LogP contribution in [-0.2, 0) is 49.6 Å². The number of para-hydroxylation sites is 1. The van der Waals surface area contributed by atoms with Crippen LogP contribution in [-0.4, -0.2) is 129 Å². The summed E-state index contributed by atoms with van der Waals surface area (Å²) in [5.41, 5.74) is 6.50. The van der Waals surface area contributed by atoms with Gasteiger partial charge in [0.1, 0.15) is 30.2 Å². The van der Waals surface area contributed by atoms with Crippen LogP contribution < -0.4 is 43.0 Å². The minimum atomic E-state index is -1.67. The van der Waals surface area contributed by atoms with Gasteiger partial charge in [0.2, 0.25) is 47.3 Å². The number of primary amides is 1. The second-order valence-electron chi connectivity index (χ2n) is 15.2. The maximum Gasteiger partial charge on any atom is 0.254 e. The van der Waals surface area contributed by atoms with Gasteiger partial charge >= 0.3 is 0 Å². The van der Waals surface area contributed by atoms with Gasteiger partial charge in [0, 0.05) is 30.3 Å². The van der Waals surface area contributed by atoms with Gasteiger partial charge in [-0.25, -0.2) is 0 Å². The maximum absolute atomic E-state index is 14.3. The average Bonchev–Trinajstić information content (AvgIpc) is 3.76. The second kappa shape index (κ2) is 19.4. The Balaban J connectivity index is 1.69. The SMILES string of the molecule is CC[C@H](C)[C@@H]1NC(=O)CNC(=O)[C@@H]2Cc3c([nH]c4ccccc34)S[C@H](NC(=O)CNC1=O)C(=O)NC(CC(N)=O)C(=O)N1C[C@H](O)C[C@H]1C(=O)N[C@@H]([C@@H](C)CC)C(=O)N2. The fourth-order valence-electron chi connectivity index (χ4n) is 7.22. The van der Waals surface area contributed by atoms with Crippen LogP contribution in [0.1, 0.15) is 58.9 Å². The fourth-order valence-corrected chi connectivity index (χ4v) is 8.32. The molecule has 0 spiro atoms. The number of fused-ring (bicyclic) bond motifs is 4. The molecule has 9 atom stereocenters. The summed E-state index contributed by atoms with van der Waals surface area (Å²) in [6.45, 7) is 5.41. The first kappa shape index (κ1) is 44.4. The average molecular weight is 841 g/mol. The lowest BCUT2D eigenvalue weighted by molar-refractivity contribution is -0.143. The zero-order valence-electron chi connectivity index (χ0n) is 33.2. The van der Waals surface area contributed by atoms with Gasteiger partial charge in [-0.3, -0.25) is 43.2 Å². The number of hydrogen-bond acceptors (Lipinski definition) is 11. The third-order valence-electron chi connectivity index (χ3n) is 10.9. The van der Waals surface area contributed by atoms with E-state index in [4.69, 9.17) is 5.73 Å². The van der Waals surface area contributed by atoms with Gasteiger partial charge < -0.3 is 57.9 Å². The number of carbonyl (C=O) groups is 9. The lowest BCUT2D eigenvalue weighted by Gasteiger charge is -2.31. The molecule has 0 saturated carbocycles. The predicted molar refractivity (Wildman–Crippen MR) is 212 cm³/mol. The lowest BCUT2D eigenvalue weighted by atomic mass is 9.96. The second-order valence-corrected chi connectivity index (χ2v) is 16.3. The van der Waals surface area contributed by atoms with Gasteiger partial charge in [0.15, 0.2) is 5.37 Å². The molecular weight excluding hydrogens is 789 g/mol. The number of aliphatic hydroxyl groups is 1. The summed E-state index contributed by atoms with van der Waals surface area (Å²) in [4.78, 5) is 128. The van der Waals surface area contributed by atoms with Crippen molar-refractivity contribution in [3.05, 3.63) is 29.8 Å². The quantitative estimate of drug-likeness (QED) is 0.144. The van der Waals surface area contributed by atoms with E-state index in [1.54, 1.807) is 52.0 Å². The fraction of sp³-hybridized carbons (Fsp3) is 0.553. The van der Waals surface area contributed by atoms with Crippen molar-refractivity contribution in [2.45, 2.75) is 107 Å². The van der Waals surface area contributed by atoms with Gasteiger partial charge in [-0.05, 0) is 23.5 Å². The van der Waals surface area contributed by atoms with Crippen LogP contribution in [0.2, 0.25) is 0 Å². The highest BCUT2D eigenvalue weighted by Crippen LogP contribution is 2.33. The van der Waals surface area contributed by atoms with E-state index in [-0.39, 0.29) is 24.4 Å². The highest BCUT2D eigenvalue weighted by molar-refractivity contribution is 8.00. The normalized spacial score (nSPS) is 27.9. The number of carbonyl (C=O) groups excluding carboxylic acids is 9. The van der Waals surface area contributed by atoms with Crippen molar-refractivity contribution in [3.8, 4) is 0 Å². The zero-order chi connectivity index (χ0) is 43.1. The van der Waals surface area contributed by atoms with Crippen molar-refractivity contribution in [2.75, 3.05) is 19.6 Å². The van der Waals surface area contributed by atoms with Crippen LogP contribution in [0.5, 0.6) is 0 Å². The van der Waals surface area contributed by atoms with Crippen LogP contribution in [0.3, 0.4) is 0 Å². The molecule has 3 aliphatic rings. The molecule has 1 fully saturated rings. The van der Waals surface area contributed by atoms with Crippen molar-refractivity contribution in [1.82, 2.24) is 47.1 Å². The third-order valence-corrected chi connectivity index (χ3v) is 12.1. The number of aromatic nitrogens is 1. The number of nitrogens with zero attached hydrogens (tertiary/aromatic N) is 1. The summed E-state index contributed by atoms with van der Waals surface area (Å²) in [7, 11) is 0. The molecule has 320 valence electrons. The number of aromatic amines is 1. The van der Waals surface area contributed by atoms with E-state index in [0.717, 1.165) is 16.7 Å². The molecule has 2 aromatic rings. The Hall–Kier alpha value is -5.70. The predicted octanol–water partition coefficient (Wildman–Crippen LogP) is -2.63. The summed E-state index contributed by atoms with van der Waals surface area (Å²) in [5, 5.41) is 28.1. The summed E-state index contributed by atoms with van der Waals surface area (Å²) in [5.74, 6) is -8.47. The number of nitrogens with two attached hydrogens (primary N) is 1. The first-order valence-corrected chi connectivity index (χ1v) is 20.5. The van der Waals surface area contributed by atoms with Gasteiger partial charge in [-0.15, -0.1) is 0 Å². The molecule has 1 aromatic heterocycles. The molecule has 20 nitrogen and oxygen atoms in total. The molecule has 5 rings (SSSR count). The Bertz CT molecular complexity index is 1990. The zero-order valence-corrected chi connectivity index (χ0v) is 34.0. The molecule has 0 aliphatic carbocycles. The molecule has 1 aromatic carbocycles. The van der Waals surface area contributed by atoms with Crippen LogP contribution in [0, 0.1) is 11.8 Å². The molecule has 1 saturated heterocycles. The number of hydrogen-bond donors (Lipinski definition) is 10. The Morgan fingerprint density at radius 2 is 1.44 bits per heavy atom. The summed E-state index contributed by atoms with van der Waals surface area (Å²) in [6.07, 6.45) is -1.54. The van der Waals surface area contributed by atoms with Crippen LogP contribution in [0.25, 0.3) is 10.9 Å². The first-order valence-electron chi connectivity index (χ1n) is 19.6. The van der Waals surface area contributed by atoms with Crippen LogP contribution in [0.4, 0.5) is 0 Å². The number of aliphatic hydroxyl groups excluding tert-OH is 1. The van der Waals surface area contributed by atoms with E-state index < -0.39 is 126 Å². The first-order chi connectivity index (χ1) is 28.0. The van der Waals surface area contributed by atoms with Crippen molar-refractivity contribution < 1.29 is 48.3 Å². The Morgan fingerprint density at radius 3 is 2.10 bits per heavy atom. The molecule has 59 heavy (non-hydrogen) atoms. The monoisotopic (exact) mass is 840 g/mol. The Labute approximate surface area is 344 Å². The number of H-pyrrole nitrogens is 1. The van der Waals surface area contributed by atoms with E-state index in [1.807, 2.05) is 0 Å². The minimum absolute atomic E-state index is 0.226. The molecule has 3 aliphatic heterocycles. The van der Waals surface area contributed by atoms with Crippen molar-refractivity contribution in [3.63, 3.8) is 0 Å². The molecule has 2 bridgehead atoms. The molecule has 11 N–H and O–H groups in total. The molecular formula is C38H52N10O10S. The molecule has 9 amide bonds. The third kappa shape index (κ3) is 10.7. The van der Waals surface area contributed by atoms with Gasteiger partial charge in [-0.2, -0.15) is 0 Å². The van der Waals surface area contributed by atoms with Gasteiger partial charge in [0.05, 0.1) is 30.6 Å². The van der Waals surface area contributed by atoms with E-state index in [2.05, 4.69) is 42.2 Å². The van der Waals surface area contributed by atoms with Gasteiger partial charge in [-0.1, -0.05) is 70.5 Å². The Kier molecular flexibility index (Phi) is 14.6. The highest BCUT2D eigenvalue weighted by Gasteiger charge is 2.44. The summed E-state index contributed by atoms with van der Waals surface area (Å²) in [6, 6.07) is 0.150. The van der Waals surface area contributed by atoms with Gasteiger partial charge in [0.25, 0.3) is 5.91 Å². The minimum Gasteiger partial charge on any atom is -0.391 e. The number of rotatable bonds is 6. The summed E-state index contributed by atoms with van der Waals surface area (Å²) < 4.78 is 0. The van der Waals surface area contributed by atoms with Crippen molar-refractivity contribution in [1.29, 1.82) is 0 Å². The number of benzene rings is 1. The molecule has 0 radical (unpaired) electrons. The van der Waals surface area contributed by atoms with Crippen LogP contribution in [0.15, 0.2) is 29.3 Å². The number of nitrogens with one attached hydrogen (secondary N) is 8. The number of amides is 9. The van der Waals surface area contributed by atoms with Crippen LogP contribution >= 0.6 is 11.8 Å². The smallest absolute Gasteiger partial charge is 0.254 e. The van der Waals surface area contributed by atoms with E-state index in [0.29, 0.717) is 29.3 Å². The molecule has 21 heteroatoms. The summed E-state index contributed by atoms with van der Waals surface area (Å²) >= 11 is 0.788. The maximum atomic E-state index is 14.3. The molecule has 4 heterocycles. The van der Waals surface area contributed by atoms with Crippen molar-refractivity contribution >= 4 is 75.8 Å². The molecule has 1 unspecified atom stereocenters.